The molecule has 2 atom stereocenters. The van der Waals surface area contributed by atoms with Crippen LogP contribution in [0.2, 0.25) is 0 Å². The van der Waals surface area contributed by atoms with E-state index in [0.29, 0.717) is 5.92 Å². The maximum atomic E-state index is 13.0. The number of carbonyl (C=O) groups is 3. The van der Waals surface area contributed by atoms with Gasteiger partial charge in [0, 0.05) is 12.2 Å². The third kappa shape index (κ3) is 3.86. The molecule has 1 aliphatic carbocycles. The predicted octanol–water partition coefficient (Wildman–Crippen LogP) is 3.02. The van der Waals surface area contributed by atoms with Gasteiger partial charge in [-0.05, 0) is 43.0 Å². The number of rotatable bonds is 4. The lowest BCUT2D eigenvalue weighted by Crippen LogP contribution is -2.44. The van der Waals surface area contributed by atoms with Gasteiger partial charge in [0.25, 0.3) is 5.24 Å². The van der Waals surface area contributed by atoms with Crippen molar-refractivity contribution in [3.63, 3.8) is 0 Å². The Labute approximate surface area is 169 Å². The summed E-state index contributed by atoms with van der Waals surface area (Å²) in [7, 11) is 0. The van der Waals surface area contributed by atoms with E-state index in [2.05, 4.69) is 10.6 Å². The zero-order chi connectivity index (χ0) is 18.1. The summed E-state index contributed by atoms with van der Waals surface area (Å²) in [6.07, 6.45) is 4.39. The number of anilines is 1. The summed E-state index contributed by atoms with van der Waals surface area (Å²) in [4.78, 5) is 37.6. The third-order valence-corrected chi connectivity index (χ3v) is 6.74. The van der Waals surface area contributed by atoms with E-state index >= 15 is 0 Å². The topological polar surface area (TPSA) is 78.5 Å². The van der Waals surface area contributed by atoms with Gasteiger partial charge in [0.2, 0.25) is 11.8 Å². The molecule has 27 heavy (non-hydrogen) atoms. The Kier molecular flexibility index (Phi) is 6.13. The van der Waals surface area contributed by atoms with Crippen molar-refractivity contribution in [2.75, 3.05) is 24.2 Å². The van der Waals surface area contributed by atoms with Crippen LogP contribution in [-0.2, 0) is 16.1 Å². The van der Waals surface area contributed by atoms with E-state index in [1.54, 1.807) is 0 Å². The molecule has 1 saturated carbocycles. The van der Waals surface area contributed by atoms with Crippen LogP contribution in [0.5, 0.6) is 0 Å². The summed E-state index contributed by atoms with van der Waals surface area (Å²) in [5.41, 5.74) is 1.36. The number of thioether (sulfide) groups is 1. The zero-order valence-corrected chi connectivity index (χ0v) is 16.7. The Morgan fingerprint density at radius 2 is 2.04 bits per heavy atom. The summed E-state index contributed by atoms with van der Waals surface area (Å²) in [5, 5.41) is 6.29. The molecule has 0 spiro atoms. The minimum absolute atomic E-state index is 0. The van der Waals surface area contributed by atoms with Gasteiger partial charge in [-0.2, -0.15) is 0 Å². The van der Waals surface area contributed by atoms with Crippen molar-refractivity contribution in [2.45, 2.75) is 32.2 Å². The molecule has 0 bridgehead atoms. The van der Waals surface area contributed by atoms with Gasteiger partial charge in [0.05, 0.1) is 17.7 Å². The normalized spacial score (nSPS) is 27.3. The Bertz CT molecular complexity index is 726. The van der Waals surface area contributed by atoms with E-state index in [9.17, 15) is 14.4 Å². The molecule has 1 aromatic carbocycles. The quantitative estimate of drug-likeness (QED) is 0.799. The van der Waals surface area contributed by atoms with E-state index in [1.165, 1.54) is 11.3 Å². The van der Waals surface area contributed by atoms with Gasteiger partial charge in [-0.25, -0.2) is 0 Å². The first kappa shape index (κ1) is 20.2. The van der Waals surface area contributed by atoms with Gasteiger partial charge in [0.1, 0.15) is 0 Å². The third-order valence-electron chi connectivity index (χ3n) is 5.88. The Morgan fingerprint density at radius 1 is 1.26 bits per heavy atom. The Balaban J connectivity index is 0.00000210. The van der Waals surface area contributed by atoms with Crippen molar-refractivity contribution < 1.29 is 14.4 Å². The number of amides is 3. The fourth-order valence-corrected chi connectivity index (χ4v) is 5.08. The molecular formula is C19H24ClN3O3S. The number of nitrogens with zero attached hydrogens (tertiary/aromatic N) is 1. The predicted molar refractivity (Wildman–Crippen MR) is 108 cm³/mol. The van der Waals surface area contributed by atoms with Crippen molar-refractivity contribution in [1.82, 2.24) is 10.2 Å². The van der Waals surface area contributed by atoms with Gasteiger partial charge in [-0.1, -0.05) is 36.7 Å². The number of fused-ring (bicyclic) bond motifs is 1. The lowest BCUT2D eigenvalue weighted by atomic mass is 9.67. The standard InChI is InChI=1S/C19H23N3O3S.ClH/c23-16-11-26-18(25)22(16)10-13-4-6-15(7-5-13)21-17(24)19-8-2-1-3-14(19)9-20-12-19;/h4-7,14,20H,1-3,8-12H2,(H,21,24);1H/t14-,19+;/m0./s1. The molecule has 2 saturated heterocycles. The number of benzene rings is 1. The van der Waals surface area contributed by atoms with Gasteiger partial charge >= 0.3 is 0 Å². The second-order valence-corrected chi connectivity index (χ2v) is 8.34. The molecule has 2 N–H and O–H groups in total. The number of carbonyl (C=O) groups excluding carboxylic acids is 3. The van der Waals surface area contributed by atoms with Crippen LogP contribution in [0, 0.1) is 11.3 Å². The molecule has 0 radical (unpaired) electrons. The van der Waals surface area contributed by atoms with Crippen molar-refractivity contribution in [1.29, 1.82) is 0 Å². The number of nitrogens with one attached hydrogen (secondary N) is 2. The molecule has 3 fully saturated rings. The minimum atomic E-state index is -0.275. The monoisotopic (exact) mass is 409 g/mol. The van der Waals surface area contributed by atoms with Crippen LogP contribution in [0.25, 0.3) is 0 Å². The smallest absolute Gasteiger partial charge is 0.289 e. The maximum Gasteiger partial charge on any atom is 0.289 e. The van der Waals surface area contributed by atoms with E-state index in [-0.39, 0.29) is 47.2 Å². The highest BCUT2D eigenvalue weighted by Gasteiger charge is 2.49. The molecule has 146 valence electrons. The van der Waals surface area contributed by atoms with Crippen molar-refractivity contribution >= 4 is 46.9 Å². The second-order valence-electron chi connectivity index (χ2n) is 7.42. The number of halogens is 1. The average molecular weight is 410 g/mol. The van der Waals surface area contributed by atoms with Crippen molar-refractivity contribution in [3.8, 4) is 0 Å². The molecule has 8 heteroatoms. The van der Waals surface area contributed by atoms with Gasteiger partial charge in [-0.15, -0.1) is 12.4 Å². The van der Waals surface area contributed by atoms with Gasteiger partial charge < -0.3 is 10.6 Å². The summed E-state index contributed by atoms with van der Waals surface area (Å²) in [5.74, 6) is 0.625. The summed E-state index contributed by atoms with van der Waals surface area (Å²) < 4.78 is 0. The number of hydrogen-bond acceptors (Lipinski definition) is 5. The summed E-state index contributed by atoms with van der Waals surface area (Å²) >= 11 is 1.04. The van der Waals surface area contributed by atoms with Crippen LogP contribution < -0.4 is 10.6 Å². The fourth-order valence-electron chi connectivity index (χ4n) is 4.36. The molecule has 2 aliphatic heterocycles. The van der Waals surface area contributed by atoms with Crippen LogP contribution in [0.1, 0.15) is 31.2 Å². The van der Waals surface area contributed by atoms with Gasteiger partial charge in [-0.3, -0.25) is 19.3 Å². The van der Waals surface area contributed by atoms with E-state index in [0.717, 1.165) is 55.4 Å². The number of hydrogen-bond donors (Lipinski definition) is 2. The second kappa shape index (κ2) is 8.20. The minimum Gasteiger partial charge on any atom is -0.326 e. The number of imide groups is 1. The van der Waals surface area contributed by atoms with Crippen LogP contribution in [0.15, 0.2) is 24.3 Å². The van der Waals surface area contributed by atoms with Gasteiger partial charge in [0.15, 0.2) is 0 Å². The summed E-state index contributed by atoms with van der Waals surface area (Å²) in [6, 6.07) is 7.43. The molecule has 3 amide bonds. The molecule has 0 aromatic heterocycles. The first-order chi connectivity index (χ1) is 12.6. The SMILES string of the molecule is Cl.O=C1CSC(=O)N1Cc1ccc(NC(=O)[C@@]23CCCC[C@H]2CNC3)cc1. The zero-order valence-electron chi connectivity index (χ0n) is 15.0. The van der Waals surface area contributed by atoms with Crippen molar-refractivity contribution in [2.24, 2.45) is 11.3 Å². The molecule has 4 rings (SSSR count). The van der Waals surface area contributed by atoms with E-state index in [1.807, 2.05) is 24.3 Å². The highest BCUT2D eigenvalue weighted by molar-refractivity contribution is 8.14. The molecule has 2 heterocycles. The lowest BCUT2D eigenvalue weighted by Gasteiger charge is -2.37. The first-order valence-corrected chi connectivity index (χ1v) is 10.2. The van der Waals surface area contributed by atoms with Crippen LogP contribution >= 0.6 is 24.2 Å². The fraction of sp³-hybridized carbons (Fsp3) is 0.526. The van der Waals surface area contributed by atoms with E-state index < -0.39 is 0 Å². The molecule has 6 nitrogen and oxygen atoms in total. The van der Waals surface area contributed by atoms with Crippen LogP contribution in [-0.4, -0.2) is 40.8 Å². The molecule has 1 aromatic rings. The Morgan fingerprint density at radius 3 is 2.74 bits per heavy atom. The largest absolute Gasteiger partial charge is 0.326 e. The Hall–Kier alpha value is -1.57. The molecular weight excluding hydrogens is 386 g/mol. The van der Waals surface area contributed by atoms with Crippen LogP contribution in [0.3, 0.4) is 0 Å². The lowest BCUT2D eigenvalue weighted by molar-refractivity contribution is -0.128. The van der Waals surface area contributed by atoms with Crippen LogP contribution in [0.4, 0.5) is 10.5 Å². The molecule has 3 aliphatic rings. The first-order valence-electron chi connectivity index (χ1n) is 9.17. The van der Waals surface area contributed by atoms with E-state index in [4.69, 9.17) is 0 Å². The molecule has 0 unspecified atom stereocenters. The maximum absolute atomic E-state index is 13.0. The average Bonchev–Trinajstić information content (AvgIpc) is 3.22. The van der Waals surface area contributed by atoms with Crippen molar-refractivity contribution in [3.05, 3.63) is 29.8 Å². The highest BCUT2D eigenvalue weighted by Crippen LogP contribution is 2.44. The highest BCUT2D eigenvalue weighted by atomic mass is 35.5. The summed E-state index contributed by atoms with van der Waals surface area (Å²) in [6.45, 7) is 1.98.